The van der Waals surface area contributed by atoms with Crippen LogP contribution in [0.4, 0.5) is 0 Å². The van der Waals surface area contributed by atoms with Crippen molar-refractivity contribution in [1.82, 2.24) is 14.9 Å². The molecule has 0 unspecified atom stereocenters. The number of nitrogens with zero attached hydrogens (tertiary/aromatic N) is 1. The quantitative estimate of drug-likeness (QED) is 0.760. The standard InChI is InChI=1S/C21H27N3O3S2/c1-15-5-6-16-7-10-24(14-17(16)12-15)29(26,27)19-8-11-28-20(19)21(25)23-13-18-4-2-3-9-22-18/h5-6,8,11-12,18,22H,2-4,7,9-10,13-14H2,1H3,(H,23,25)/t18-/m1/s1. The summed E-state index contributed by atoms with van der Waals surface area (Å²) in [7, 11) is -3.73. The van der Waals surface area contributed by atoms with Gasteiger partial charge >= 0.3 is 0 Å². The van der Waals surface area contributed by atoms with Gasteiger partial charge in [0.2, 0.25) is 10.0 Å². The summed E-state index contributed by atoms with van der Waals surface area (Å²) in [5.74, 6) is -0.306. The minimum absolute atomic E-state index is 0.118. The van der Waals surface area contributed by atoms with Gasteiger partial charge in [0.25, 0.3) is 5.91 Å². The highest BCUT2D eigenvalue weighted by Crippen LogP contribution is 2.29. The molecule has 0 bridgehead atoms. The van der Waals surface area contributed by atoms with Crippen molar-refractivity contribution in [1.29, 1.82) is 0 Å². The second kappa shape index (κ2) is 8.55. The zero-order valence-corrected chi connectivity index (χ0v) is 18.2. The number of carbonyl (C=O) groups is 1. The summed E-state index contributed by atoms with van der Waals surface area (Å²) in [6, 6.07) is 8.01. The Kier molecular flexibility index (Phi) is 6.06. The molecule has 2 N–H and O–H groups in total. The molecule has 3 heterocycles. The third kappa shape index (κ3) is 4.40. The number of amides is 1. The van der Waals surface area contributed by atoms with Crippen molar-refractivity contribution >= 4 is 27.3 Å². The highest BCUT2D eigenvalue weighted by Gasteiger charge is 2.32. The number of carbonyl (C=O) groups excluding carboxylic acids is 1. The summed E-state index contributed by atoms with van der Waals surface area (Å²) in [4.78, 5) is 13.1. The second-order valence-electron chi connectivity index (χ2n) is 7.83. The third-order valence-corrected chi connectivity index (χ3v) is 8.64. The average molecular weight is 434 g/mol. The van der Waals surface area contributed by atoms with Crippen LogP contribution in [0.2, 0.25) is 0 Å². The fourth-order valence-corrected chi connectivity index (χ4v) is 6.80. The largest absolute Gasteiger partial charge is 0.350 e. The molecule has 1 aromatic carbocycles. The topological polar surface area (TPSA) is 78.5 Å². The summed E-state index contributed by atoms with van der Waals surface area (Å²) in [5.41, 5.74) is 3.37. The molecule has 4 rings (SSSR count). The lowest BCUT2D eigenvalue weighted by Crippen LogP contribution is -2.43. The van der Waals surface area contributed by atoms with Crippen LogP contribution in [0.25, 0.3) is 0 Å². The van der Waals surface area contributed by atoms with E-state index in [1.165, 1.54) is 21.2 Å². The fourth-order valence-electron chi connectivity index (χ4n) is 4.06. The number of fused-ring (bicyclic) bond motifs is 1. The molecule has 0 spiro atoms. The first-order chi connectivity index (χ1) is 13.9. The van der Waals surface area contributed by atoms with Crippen LogP contribution in [0.15, 0.2) is 34.5 Å². The summed E-state index contributed by atoms with van der Waals surface area (Å²) in [6.45, 7) is 4.28. The van der Waals surface area contributed by atoms with E-state index >= 15 is 0 Å². The van der Waals surface area contributed by atoms with Gasteiger partial charge in [-0.05, 0) is 55.3 Å². The first kappa shape index (κ1) is 20.5. The number of thiophene rings is 1. The van der Waals surface area contributed by atoms with Crippen molar-refractivity contribution in [2.75, 3.05) is 19.6 Å². The number of hydrogen-bond donors (Lipinski definition) is 2. The van der Waals surface area contributed by atoms with E-state index in [-0.39, 0.29) is 21.7 Å². The normalized spacial score (nSPS) is 20.2. The molecule has 1 fully saturated rings. The summed E-state index contributed by atoms with van der Waals surface area (Å²) < 4.78 is 28.1. The molecular weight excluding hydrogens is 406 g/mol. The van der Waals surface area contributed by atoms with Gasteiger partial charge in [0.1, 0.15) is 9.77 Å². The van der Waals surface area contributed by atoms with Gasteiger partial charge in [0.05, 0.1) is 0 Å². The molecule has 156 valence electrons. The first-order valence-corrected chi connectivity index (χ1v) is 12.4. The van der Waals surface area contributed by atoms with Crippen LogP contribution in [0.3, 0.4) is 0 Å². The number of hydrogen-bond acceptors (Lipinski definition) is 5. The molecule has 8 heteroatoms. The van der Waals surface area contributed by atoms with E-state index in [4.69, 9.17) is 0 Å². The zero-order valence-electron chi connectivity index (χ0n) is 16.6. The van der Waals surface area contributed by atoms with E-state index in [1.54, 1.807) is 11.4 Å². The molecule has 2 aliphatic rings. The lowest BCUT2D eigenvalue weighted by Gasteiger charge is -2.28. The Hall–Kier alpha value is -1.74. The molecule has 0 radical (unpaired) electrons. The van der Waals surface area contributed by atoms with E-state index in [1.807, 2.05) is 6.92 Å². The van der Waals surface area contributed by atoms with Crippen molar-refractivity contribution in [2.45, 2.75) is 50.1 Å². The van der Waals surface area contributed by atoms with Gasteiger partial charge in [-0.3, -0.25) is 4.79 Å². The maximum absolute atomic E-state index is 13.3. The van der Waals surface area contributed by atoms with E-state index in [0.717, 1.165) is 36.9 Å². The predicted molar refractivity (Wildman–Crippen MR) is 115 cm³/mol. The third-order valence-electron chi connectivity index (χ3n) is 5.71. The number of sulfonamides is 1. The highest BCUT2D eigenvalue weighted by atomic mass is 32.2. The zero-order chi connectivity index (χ0) is 20.4. The van der Waals surface area contributed by atoms with E-state index in [9.17, 15) is 13.2 Å². The highest BCUT2D eigenvalue weighted by molar-refractivity contribution is 7.89. The second-order valence-corrected chi connectivity index (χ2v) is 10.7. The number of rotatable bonds is 5. The molecule has 2 aliphatic heterocycles. The lowest BCUT2D eigenvalue weighted by molar-refractivity contribution is 0.0948. The van der Waals surface area contributed by atoms with E-state index < -0.39 is 10.0 Å². The van der Waals surface area contributed by atoms with E-state index in [0.29, 0.717) is 26.1 Å². The molecular formula is C21H27N3O3S2. The molecule has 6 nitrogen and oxygen atoms in total. The number of piperidine rings is 1. The maximum atomic E-state index is 13.3. The Morgan fingerprint density at radius 2 is 2.14 bits per heavy atom. The monoisotopic (exact) mass is 433 g/mol. The van der Waals surface area contributed by atoms with Gasteiger partial charge in [-0.2, -0.15) is 4.31 Å². The Morgan fingerprint density at radius 3 is 2.93 bits per heavy atom. The molecule has 2 aromatic rings. The van der Waals surface area contributed by atoms with E-state index in [2.05, 4.69) is 28.8 Å². The van der Waals surface area contributed by atoms with Crippen LogP contribution >= 0.6 is 11.3 Å². The van der Waals surface area contributed by atoms with Crippen LogP contribution in [0, 0.1) is 6.92 Å². The molecule has 1 saturated heterocycles. The molecule has 1 atom stereocenters. The molecule has 1 amide bonds. The van der Waals surface area contributed by atoms with Crippen LogP contribution in [0.5, 0.6) is 0 Å². The van der Waals surface area contributed by atoms with Gasteiger partial charge in [-0.15, -0.1) is 11.3 Å². The summed E-state index contributed by atoms with van der Waals surface area (Å²) in [5, 5.41) is 7.99. The molecule has 0 aliphatic carbocycles. The maximum Gasteiger partial charge on any atom is 0.262 e. The molecule has 29 heavy (non-hydrogen) atoms. The van der Waals surface area contributed by atoms with Gasteiger partial charge in [0, 0.05) is 25.7 Å². The SMILES string of the molecule is Cc1ccc2c(c1)CN(S(=O)(=O)c1ccsc1C(=O)NC[C@H]1CCCCN1)CC2. The van der Waals surface area contributed by atoms with Crippen molar-refractivity contribution in [2.24, 2.45) is 0 Å². The smallest absolute Gasteiger partial charge is 0.262 e. The number of benzene rings is 1. The van der Waals surface area contributed by atoms with Crippen LogP contribution in [-0.2, 0) is 23.0 Å². The minimum atomic E-state index is -3.73. The predicted octanol–water partition coefficient (Wildman–Crippen LogP) is 2.68. The van der Waals surface area contributed by atoms with Gasteiger partial charge in [-0.1, -0.05) is 30.2 Å². The Labute approximate surface area is 176 Å². The fraction of sp³-hybridized carbons (Fsp3) is 0.476. The summed E-state index contributed by atoms with van der Waals surface area (Å²) in [6.07, 6.45) is 4.04. The van der Waals surface area contributed by atoms with Crippen LogP contribution < -0.4 is 10.6 Å². The van der Waals surface area contributed by atoms with Crippen LogP contribution in [-0.4, -0.2) is 44.3 Å². The molecule has 1 aromatic heterocycles. The average Bonchev–Trinajstić information content (AvgIpc) is 3.23. The Balaban J connectivity index is 1.49. The van der Waals surface area contributed by atoms with Gasteiger partial charge in [-0.25, -0.2) is 8.42 Å². The minimum Gasteiger partial charge on any atom is -0.350 e. The van der Waals surface area contributed by atoms with Gasteiger partial charge < -0.3 is 10.6 Å². The van der Waals surface area contributed by atoms with Gasteiger partial charge in [0.15, 0.2) is 0 Å². The van der Waals surface area contributed by atoms with Crippen molar-refractivity contribution in [3.8, 4) is 0 Å². The first-order valence-electron chi connectivity index (χ1n) is 10.1. The Bertz CT molecular complexity index is 994. The van der Waals surface area contributed by atoms with Crippen LogP contribution in [0.1, 0.15) is 45.6 Å². The number of aryl methyl sites for hydroxylation is 1. The summed E-state index contributed by atoms with van der Waals surface area (Å²) >= 11 is 1.18. The molecule has 0 saturated carbocycles. The van der Waals surface area contributed by atoms with Crippen molar-refractivity contribution in [3.05, 3.63) is 51.2 Å². The Morgan fingerprint density at radius 1 is 1.28 bits per heavy atom. The number of nitrogens with one attached hydrogen (secondary N) is 2. The van der Waals surface area contributed by atoms with Crippen molar-refractivity contribution in [3.63, 3.8) is 0 Å². The lowest BCUT2D eigenvalue weighted by atomic mass is 9.99. The van der Waals surface area contributed by atoms with Crippen molar-refractivity contribution < 1.29 is 13.2 Å².